The van der Waals surface area contributed by atoms with Crippen LogP contribution in [0.15, 0.2) is 90.3 Å². The number of anilines is 1. The minimum absolute atomic E-state index is 0.729. The zero-order valence-electron chi connectivity index (χ0n) is 12.2. The van der Waals surface area contributed by atoms with Gasteiger partial charge in [0, 0.05) is 12.4 Å². The Kier molecular flexibility index (Phi) is 4.57. The SMILES string of the molecule is C(=N\N(Cc1ccccc1)c1ccccc1)/c1ccncc1. The van der Waals surface area contributed by atoms with Crippen LogP contribution in [0.1, 0.15) is 11.1 Å². The van der Waals surface area contributed by atoms with Crippen molar-refractivity contribution in [3.05, 3.63) is 96.3 Å². The lowest BCUT2D eigenvalue weighted by Crippen LogP contribution is -2.15. The molecule has 1 aromatic heterocycles. The molecule has 0 bridgehead atoms. The summed E-state index contributed by atoms with van der Waals surface area (Å²) in [5.41, 5.74) is 3.32. The molecule has 3 aromatic rings. The highest BCUT2D eigenvalue weighted by Gasteiger charge is 2.04. The molecule has 3 heteroatoms. The molecule has 0 spiro atoms. The van der Waals surface area contributed by atoms with E-state index in [0.29, 0.717) is 0 Å². The number of rotatable bonds is 5. The van der Waals surface area contributed by atoms with Gasteiger partial charge in [0.2, 0.25) is 0 Å². The van der Waals surface area contributed by atoms with Crippen LogP contribution in [0.25, 0.3) is 0 Å². The fourth-order valence-electron chi connectivity index (χ4n) is 2.14. The van der Waals surface area contributed by atoms with Gasteiger partial charge >= 0.3 is 0 Å². The lowest BCUT2D eigenvalue weighted by molar-refractivity contribution is 0.858. The van der Waals surface area contributed by atoms with E-state index >= 15 is 0 Å². The van der Waals surface area contributed by atoms with Gasteiger partial charge in [0.05, 0.1) is 18.4 Å². The van der Waals surface area contributed by atoms with Crippen molar-refractivity contribution in [2.45, 2.75) is 6.54 Å². The third-order valence-corrected chi connectivity index (χ3v) is 3.28. The van der Waals surface area contributed by atoms with E-state index in [2.05, 4.69) is 34.4 Å². The molecule has 0 atom stereocenters. The first kappa shape index (κ1) is 14.0. The Morgan fingerprint density at radius 2 is 1.45 bits per heavy atom. The maximum Gasteiger partial charge on any atom is 0.0666 e. The van der Waals surface area contributed by atoms with E-state index < -0.39 is 0 Å². The van der Waals surface area contributed by atoms with E-state index in [1.807, 2.05) is 59.8 Å². The van der Waals surface area contributed by atoms with Crippen molar-refractivity contribution < 1.29 is 0 Å². The first-order valence-electron chi connectivity index (χ1n) is 7.22. The smallest absolute Gasteiger partial charge is 0.0666 e. The Morgan fingerprint density at radius 3 is 2.14 bits per heavy atom. The molecule has 0 amide bonds. The second-order valence-electron chi connectivity index (χ2n) is 4.90. The van der Waals surface area contributed by atoms with Gasteiger partial charge in [-0.15, -0.1) is 0 Å². The van der Waals surface area contributed by atoms with E-state index in [-0.39, 0.29) is 0 Å². The number of nitrogens with zero attached hydrogens (tertiary/aromatic N) is 3. The quantitative estimate of drug-likeness (QED) is 0.521. The molecule has 108 valence electrons. The normalized spacial score (nSPS) is 10.7. The second kappa shape index (κ2) is 7.18. The van der Waals surface area contributed by atoms with E-state index in [1.54, 1.807) is 12.4 Å². The third kappa shape index (κ3) is 3.79. The molecule has 0 N–H and O–H groups in total. The molecule has 3 rings (SSSR count). The molecule has 0 unspecified atom stereocenters. The van der Waals surface area contributed by atoms with Crippen LogP contribution in [-0.4, -0.2) is 11.2 Å². The minimum atomic E-state index is 0.729. The highest BCUT2D eigenvalue weighted by atomic mass is 15.4. The molecule has 3 nitrogen and oxygen atoms in total. The molecule has 22 heavy (non-hydrogen) atoms. The molecule has 0 saturated heterocycles. The maximum absolute atomic E-state index is 4.64. The van der Waals surface area contributed by atoms with Crippen molar-refractivity contribution >= 4 is 11.9 Å². The van der Waals surface area contributed by atoms with E-state index in [0.717, 1.165) is 17.8 Å². The van der Waals surface area contributed by atoms with E-state index in [4.69, 9.17) is 0 Å². The molecular formula is C19H17N3. The molecule has 0 aliphatic carbocycles. The average Bonchev–Trinajstić information content (AvgIpc) is 2.61. The zero-order chi connectivity index (χ0) is 15.0. The number of benzene rings is 2. The van der Waals surface area contributed by atoms with E-state index in [9.17, 15) is 0 Å². The van der Waals surface area contributed by atoms with Crippen molar-refractivity contribution in [2.24, 2.45) is 5.10 Å². The number of hydrazone groups is 1. The molecule has 0 radical (unpaired) electrons. The predicted octanol–water partition coefficient (Wildman–Crippen LogP) is 4.12. The predicted molar refractivity (Wildman–Crippen MR) is 90.9 cm³/mol. The van der Waals surface area contributed by atoms with Gasteiger partial charge in [0.25, 0.3) is 0 Å². The molecular weight excluding hydrogens is 270 g/mol. The molecule has 0 aliphatic heterocycles. The summed E-state index contributed by atoms with van der Waals surface area (Å²) in [6, 6.07) is 24.4. The van der Waals surface area contributed by atoms with Crippen LogP contribution in [0.4, 0.5) is 5.69 Å². The summed E-state index contributed by atoms with van der Waals surface area (Å²) in [6.07, 6.45) is 5.40. The lowest BCUT2D eigenvalue weighted by Gasteiger charge is -2.19. The first-order valence-corrected chi connectivity index (χ1v) is 7.22. The van der Waals surface area contributed by atoms with Crippen LogP contribution < -0.4 is 5.01 Å². The summed E-state index contributed by atoms with van der Waals surface area (Å²) < 4.78 is 0. The van der Waals surface area contributed by atoms with Gasteiger partial charge < -0.3 is 0 Å². The van der Waals surface area contributed by atoms with Crippen LogP contribution in [-0.2, 0) is 6.54 Å². The summed E-state index contributed by atoms with van der Waals surface area (Å²) in [4.78, 5) is 4.02. The maximum atomic E-state index is 4.64. The summed E-state index contributed by atoms with van der Waals surface area (Å²) in [5, 5.41) is 6.64. The summed E-state index contributed by atoms with van der Waals surface area (Å²) in [6.45, 7) is 0.729. The second-order valence-corrected chi connectivity index (χ2v) is 4.90. The molecule has 0 fully saturated rings. The lowest BCUT2D eigenvalue weighted by atomic mass is 10.2. The van der Waals surface area contributed by atoms with Gasteiger partial charge in [0.15, 0.2) is 0 Å². The van der Waals surface area contributed by atoms with Crippen molar-refractivity contribution in [2.75, 3.05) is 5.01 Å². The van der Waals surface area contributed by atoms with Gasteiger partial charge in [-0.1, -0.05) is 48.5 Å². The van der Waals surface area contributed by atoms with Gasteiger partial charge in [-0.3, -0.25) is 9.99 Å². The Morgan fingerprint density at radius 1 is 0.818 bits per heavy atom. The standard InChI is InChI=1S/C19H17N3/c1-3-7-18(8-4-1)16-22(19-9-5-2-6-10-19)21-15-17-11-13-20-14-12-17/h1-15H,16H2/b21-15+. The molecule has 0 aliphatic rings. The fraction of sp³-hybridized carbons (Fsp3) is 0.0526. The number of pyridine rings is 1. The molecule has 0 saturated carbocycles. The van der Waals surface area contributed by atoms with Gasteiger partial charge in [-0.25, -0.2) is 0 Å². The van der Waals surface area contributed by atoms with E-state index in [1.165, 1.54) is 5.56 Å². The topological polar surface area (TPSA) is 28.5 Å². The Balaban J connectivity index is 1.85. The Bertz CT molecular complexity index is 709. The van der Waals surface area contributed by atoms with Crippen LogP contribution >= 0.6 is 0 Å². The van der Waals surface area contributed by atoms with Crippen LogP contribution in [0, 0.1) is 0 Å². The highest BCUT2D eigenvalue weighted by molar-refractivity contribution is 5.80. The van der Waals surface area contributed by atoms with Gasteiger partial charge in [-0.05, 0) is 35.4 Å². The third-order valence-electron chi connectivity index (χ3n) is 3.28. The first-order chi connectivity index (χ1) is 10.9. The number of para-hydroxylation sites is 1. The van der Waals surface area contributed by atoms with Crippen molar-refractivity contribution in [3.63, 3.8) is 0 Å². The number of aromatic nitrogens is 1. The molecule has 1 heterocycles. The Labute approximate surface area is 130 Å². The van der Waals surface area contributed by atoms with Gasteiger partial charge in [-0.2, -0.15) is 5.10 Å². The Hall–Kier alpha value is -2.94. The summed E-state index contributed by atoms with van der Waals surface area (Å²) in [5.74, 6) is 0. The highest BCUT2D eigenvalue weighted by Crippen LogP contribution is 2.17. The number of hydrogen-bond donors (Lipinski definition) is 0. The fourth-order valence-corrected chi connectivity index (χ4v) is 2.14. The summed E-state index contributed by atoms with van der Waals surface area (Å²) >= 11 is 0. The minimum Gasteiger partial charge on any atom is -0.265 e. The zero-order valence-corrected chi connectivity index (χ0v) is 12.2. The van der Waals surface area contributed by atoms with Crippen LogP contribution in [0.5, 0.6) is 0 Å². The average molecular weight is 287 g/mol. The van der Waals surface area contributed by atoms with Crippen molar-refractivity contribution in [3.8, 4) is 0 Å². The summed E-state index contributed by atoms with van der Waals surface area (Å²) in [7, 11) is 0. The van der Waals surface area contributed by atoms with Crippen LogP contribution in [0.3, 0.4) is 0 Å². The number of hydrogen-bond acceptors (Lipinski definition) is 3. The van der Waals surface area contributed by atoms with Crippen molar-refractivity contribution in [1.29, 1.82) is 0 Å². The van der Waals surface area contributed by atoms with Crippen molar-refractivity contribution in [1.82, 2.24) is 4.98 Å². The molecule has 2 aromatic carbocycles. The van der Waals surface area contributed by atoms with Crippen LogP contribution in [0.2, 0.25) is 0 Å². The monoisotopic (exact) mass is 287 g/mol. The van der Waals surface area contributed by atoms with Gasteiger partial charge in [0.1, 0.15) is 0 Å². The largest absolute Gasteiger partial charge is 0.265 e.